The van der Waals surface area contributed by atoms with Crippen LogP contribution in [0.3, 0.4) is 0 Å². The van der Waals surface area contributed by atoms with Crippen LogP contribution >= 0.6 is 0 Å². The van der Waals surface area contributed by atoms with Crippen LogP contribution in [0, 0.1) is 6.92 Å². The SMILES string of the molecule is Cc1ccc(C2CNCC2N)cc1N. The fourth-order valence-electron chi connectivity index (χ4n) is 1.95. The molecule has 5 N–H and O–H groups in total. The van der Waals surface area contributed by atoms with Crippen molar-refractivity contribution in [1.29, 1.82) is 0 Å². The summed E-state index contributed by atoms with van der Waals surface area (Å²) in [5.74, 6) is 0.415. The zero-order valence-electron chi connectivity index (χ0n) is 8.46. The molecular weight excluding hydrogens is 174 g/mol. The van der Waals surface area contributed by atoms with Gasteiger partial charge >= 0.3 is 0 Å². The van der Waals surface area contributed by atoms with Crippen LogP contribution in [0.25, 0.3) is 0 Å². The standard InChI is InChI=1S/C11H17N3/c1-7-2-3-8(4-10(7)12)9-5-14-6-11(9)13/h2-4,9,11,14H,5-6,12-13H2,1H3. The van der Waals surface area contributed by atoms with Crippen LogP contribution in [0.1, 0.15) is 17.0 Å². The number of rotatable bonds is 1. The number of nitrogens with one attached hydrogen (secondary N) is 1. The van der Waals surface area contributed by atoms with Gasteiger partial charge in [0.25, 0.3) is 0 Å². The molecule has 1 aromatic carbocycles. The third-order valence-electron chi connectivity index (χ3n) is 2.99. The molecule has 2 rings (SSSR count). The molecule has 0 saturated carbocycles. The van der Waals surface area contributed by atoms with Crippen LogP contribution in [-0.2, 0) is 0 Å². The first kappa shape index (κ1) is 9.49. The van der Waals surface area contributed by atoms with Gasteiger partial charge in [0, 0.05) is 30.7 Å². The topological polar surface area (TPSA) is 64.1 Å². The molecule has 1 aromatic rings. The third-order valence-corrected chi connectivity index (χ3v) is 2.99. The lowest BCUT2D eigenvalue weighted by atomic mass is 9.93. The largest absolute Gasteiger partial charge is 0.399 e. The smallest absolute Gasteiger partial charge is 0.0346 e. The second-order valence-electron chi connectivity index (χ2n) is 4.04. The van der Waals surface area contributed by atoms with Gasteiger partial charge in [-0.3, -0.25) is 0 Å². The predicted octanol–water partition coefficient (Wildman–Crippen LogP) is 0.591. The van der Waals surface area contributed by atoms with Gasteiger partial charge in [-0.25, -0.2) is 0 Å². The Labute approximate surface area is 84.5 Å². The number of nitrogen functional groups attached to an aromatic ring is 1. The van der Waals surface area contributed by atoms with E-state index in [2.05, 4.69) is 17.4 Å². The van der Waals surface area contributed by atoms with E-state index in [9.17, 15) is 0 Å². The molecule has 1 aliphatic heterocycles. The summed E-state index contributed by atoms with van der Waals surface area (Å²) in [6.45, 7) is 3.88. The minimum absolute atomic E-state index is 0.220. The molecule has 0 radical (unpaired) electrons. The third kappa shape index (κ3) is 1.61. The monoisotopic (exact) mass is 191 g/mol. The lowest BCUT2D eigenvalue weighted by Crippen LogP contribution is -2.27. The minimum Gasteiger partial charge on any atom is -0.399 e. The summed E-state index contributed by atoms with van der Waals surface area (Å²) in [7, 11) is 0. The lowest BCUT2D eigenvalue weighted by molar-refractivity contribution is 0.653. The number of hydrogen-bond donors (Lipinski definition) is 3. The molecule has 1 aliphatic rings. The molecule has 1 fully saturated rings. The molecule has 2 unspecified atom stereocenters. The molecule has 3 heteroatoms. The first-order valence-electron chi connectivity index (χ1n) is 5.01. The first-order valence-corrected chi connectivity index (χ1v) is 5.01. The molecule has 0 aromatic heterocycles. The van der Waals surface area contributed by atoms with E-state index >= 15 is 0 Å². The van der Waals surface area contributed by atoms with Crippen LogP contribution in [0.4, 0.5) is 5.69 Å². The highest BCUT2D eigenvalue weighted by Crippen LogP contribution is 2.24. The van der Waals surface area contributed by atoms with Gasteiger partial charge in [-0.05, 0) is 24.1 Å². The van der Waals surface area contributed by atoms with Gasteiger partial charge < -0.3 is 16.8 Å². The van der Waals surface area contributed by atoms with E-state index in [0.717, 1.165) is 24.3 Å². The molecule has 2 atom stereocenters. The molecule has 0 bridgehead atoms. The molecular formula is C11H17N3. The Morgan fingerprint density at radius 1 is 1.36 bits per heavy atom. The Hall–Kier alpha value is -1.06. The second kappa shape index (κ2) is 3.59. The van der Waals surface area contributed by atoms with E-state index in [-0.39, 0.29) is 6.04 Å². The fourth-order valence-corrected chi connectivity index (χ4v) is 1.95. The summed E-state index contributed by atoms with van der Waals surface area (Å²) in [6, 6.07) is 6.46. The zero-order chi connectivity index (χ0) is 10.1. The van der Waals surface area contributed by atoms with Crippen molar-refractivity contribution in [3.8, 4) is 0 Å². The second-order valence-corrected chi connectivity index (χ2v) is 4.04. The van der Waals surface area contributed by atoms with Crippen molar-refractivity contribution in [3.63, 3.8) is 0 Å². The van der Waals surface area contributed by atoms with Crippen LogP contribution < -0.4 is 16.8 Å². The first-order chi connectivity index (χ1) is 6.68. The van der Waals surface area contributed by atoms with E-state index in [4.69, 9.17) is 11.5 Å². The maximum Gasteiger partial charge on any atom is 0.0346 e. The Bertz CT molecular complexity index is 335. The normalized spacial score (nSPS) is 26.7. The molecule has 1 heterocycles. The quantitative estimate of drug-likeness (QED) is 0.569. The van der Waals surface area contributed by atoms with Crippen molar-refractivity contribution in [2.45, 2.75) is 18.9 Å². The van der Waals surface area contributed by atoms with Gasteiger partial charge in [0.1, 0.15) is 0 Å². The molecule has 0 amide bonds. The molecule has 1 saturated heterocycles. The van der Waals surface area contributed by atoms with Gasteiger partial charge in [0.05, 0.1) is 0 Å². The summed E-state index contributed by atoms with van der Waals surface area (Å²) in [5.41, 5.74) is 15.1. The fraction of sp³-hybridized carbons (Fsp3) is 0.455. The number of anilines is 1. The summed E-state index contributed by atoms with van der Waals surface area (Å²) in [4.78, 5) is 0. The van der Waals surface area contributed by atoms with E-state index in [0.29, 0.717) is 5.92 Å². The summed E-state index contributed by atoms with van der Waals surface area (Å²) < 4.78 is 0. The zero-order valence-corrected chi connectivity index (χ0v) is 8.46. The molecule has 3 nitrogen and oxygen atoms in total. The van der Waals surface area contributed by atoms with E-state index in [1.807, 2.05) is 13.0 Å². The predicted molar refractivity (Wildman–Crippen MR) is 59.2 cm³/mol. The van der Waals surface area contributed by atoms with Gasteiger partial charge in [-0.15, -0.1) is 0 Å². The summed E-state index contributed by atoms with van der Waals surface area (Å²) >= 11 is 0. The van der Waals surface area contributed by atoms with Crippen molar-refractivity contribution >= 4 is 5.69 Å². The van der Waals surface area contributed by atoms with E-state index in [1.165, 1.54) is 5.56 Å². The molecule has 14 heavy (non-hydrogen) atoms. The average Bonchev–Trinajstić information content (AvgIpc) is 2.57. The highest BCUT2D eigenvalue weighted by atomic mass is 15.0. The van der Waals surface area contributed by atoms with Crippen molar-refractivity contribution < 1.29 is 0 Å². The highest BCUT2D eigenvalue weighted by Gasteiger charge is 2.25. The molecule has 0 aliphatic carbocycles. The van der Waals surface area contributed by atoms with Crippen LogP contribution in [0.5, 0.6) is 0 Å². The Kier molecular flexibility index (Phi) is 2.44. The number of hydrogen-bond acceptors (Lipinski definition) is 3. The molecule has 0 spiro atoms. The number of aryl methyl sites for hydroxylation is 1. The van der Waals surface area contributed by atoms with Crippen molar-refractivity contribution in [3.05, 3.63) is 29.3 Å². The highest BCUT2D eigenvalue weighted by molar-refractivity contribution is 5.49. The van der Waals surface area contributed by atoms with Gasteiger partial charge in [0.15, 0.2) is 0 Å². The Morgan fingerprint density at radius 3 is 2.71 bits per heavy atom. The Morgan fingerprint density at radius 2 is 2.14 bits per heavy atom. The number of benzene rings is 1. The maximum absolute atomic E-state index is 6.00. The van der Waals surface area contributed by atoms with Crippen molar-refractivity contribution in [2.75, 3.05) is 18.8 Å². The van der Waals surface area contributed by atoms with Crippen LogP contribution in [0.2, 0.25) is 0 Å². The van der Waals surface area contributed by atoms with Gasteiger partial charge in [-0.2, -0.15) is 0 Å². The maximum atomic E-state index is 6.00. The number of nitrogens with two attached hydrogens (primary N) is 2. The summed E-state index contributed by atoms with van der Waals surface area (Å²) in [5, 5.41) is 3.29. The van der Waals surface area contributed by atoms with Crippen molar-refractivity contribution in [1.82, 2.24) is 5.32 Å². The van der Waals surface area contributed by atoms with Crippen molar-refractivity contribution in [2.24, 2.45) is 5.73 Å². The minimum atomic E-state index is 0.220. The summed E-state index contributed by atoms with van der Waals surface area (Å²) in [6.07, 6.45) is 0. The van der Waals surface area contributed by atoms with Gasteiger partial charge in [-0.1, -0.05) is 12.1 Å². The van der Waals surface area contributed by atoms with E-state index in [1.54, 1.807) is 0 Å². The molecule has 76 valence electrons. The van der Waals surface area contributed by atoms with Crippen LogP contribution in [0.15, 0.2) is 18.2 Å². The van der Waals surface area contributed by atoms with E-state index < -0.39 is 0 Å². The van der Waals surface area contributed by atoms with Crippen LogP contribution in [-0.4, -0.2) is 19.1 Å². The van der Waals surface area contributed by atoms with Gasteiger partial charge in [0.2, 0.25) is 0 Å². The lowest BCUT2D eigenvalue weighted by Gasteiger charge is -2.15. The average molecular weight is 191 g/mol. The Balaban J connectivity index is 2.28.